The Kier molecular flexibility index (Phi) is 6.11. The maximum absolute atomic E-state index is 14.1. The maximum atomic E-state index is 14.1. The first-order valence-electron chi connectivity index (χ1n) is 8.31. The number of halogens is 4. The molecule has 2 N–H and O–H groups in total. The molecule has 0 saturated carbocycles. The number of thioether (sulfide) groups is 1. The van der Waals surface area contributed by atoms with Crippen molar-refractivity contribution in [2.24, 2.45) is 0 Å². The zero-order valence-corrected chi connectivity index (χ0v) is 16.0. The lowest BCUT2D eigenvalue weighted by Gasteiger charge is -2.12. The third-order valence-electron chi connectivity index (χ3n) is 3.80. The van der Waals surface area contributed by atoms with Crippen molar-refractivity contribution in [1.29, 1.82) is 0 Å². The van der Waals surface area contributed by atoms with Gasteiger partial charge in [0.15, 0.2) is 0 Å². The molecule has 0 aliphatic carbocycles. The van der Waals surface area contributed by atoms with Crippen LogP contribution in [0.1, 0.15) is 26.5 Å². The van der Waals surface area contributed by atoms with Crippen molar-refractivity contribution in [1.82, 2.24) is 4.98 Å². The number of furan rings is 1. The Morgan fingerprint density at radius 3 is 2.47 bits per heavy atom. The fourth-order valence-corrected chi connectivity index (χ4v) is 3.07. The molecule has 3 aromatic rings. The third kappa shape index (κ3) is 5.17. The van der Waals surface area contributed by atoms with Crippen LogP contribution in [-0.2, 0) is 0 Å². The number of alkyl halides is 3. The number of aryl methyl sites for hydroxylation is 1. The molecule has 3 rings (SSSR count). The van der Waals surface area contributed by atoms with Crippen LogP contribution in [0.4, 0.5) is 28.9 Å². The average molecular weight is 439 g/mol. The van der Waals surface area contributed by atoms with Gasteiger partial charge in [0.1, 0.15) is 16.6 Å². The Labute approximate surface area is 171 Å². The quantitative estimate of drug-likeness (QED) is 0.420. The van der Waals surface area contributed by atoms with Gasteiger partial charge >= 0.3 is 5.51 Å². The molecule has 30 heavy (non-hydrogen) atoms. The molecule has 1 aromatic carbocycles. The van der Waals surface area contributed by atoms with E-state index in [1.54, 1.807) is 6.92 Å². The molecule has 2 aromatic heterocycles. The monoisotopic (exact) mass is 439 g/mol. The highest BCUT2D eigenvalue weighted by Crippen LogP contribution is 2.37. The summed E-state index contributed by atoms with van der Waals surface area (Å²) >= 11 is -0.518. The van der Waals surface area contributed by atoms with Gasteiger partial charge in [-0.25, -0.2) is 9.37 Å². The lowest BCUT2D eigenvalue weighted by Crippen LogP contribution is -2.16. The first kappa shape index (κ1) is 21.4. The number of anilines is 2. The van der Waals surface area contributed by atoms with E-state index in [2.05, 4.69) is 15.6 Å². The van der Waals surface area contributed by atoms with Crippen LogP contribution in [0.25, 0.3) is 0 Å². The Morgan fingerprint density at radius 1 is 1.07 bits per heavy atom. The highest BCUT2D eigenvalue weighted by atomic mass is 32.2. The Balaban J connectivity index is 1.80. The van der Waals surface area contributed by atoms with Crippen molar-refractivity contribution in [3.05, 3.63) is 71.6 Å². The van der Waals surface area contributed by atoms with E-state index in [0.29, 0.717) is 5.76 Å². The van der Waals surface area contributed by atoms with Gasteiger partial charge in [0, 0.05) is 23.6 Å². The summed E-state index contributed by atoms with van der Waals surface area (Å²) in [6.07, 6.45) is 2.44. The fourth-order valence-electron chi connectivity index (χ4n) is 2.46. The van der Waals surface area contributed by atoms with Crippen LogP contribution < -0.4 is 10.6 Å². The van der Waals surface area contributed by atoms with E-state index in [9.17, 15) is 27.2 Å². The number of hydrogen-bond donors (Lipinski definition) is 2. The van der Waals surface area contributed by atoms with Gasteiger partial charge in [0.05, 0.1) is 23.1 Å². The van der Waals surface area contributed by atoms with Crippen molar-refractivity contribution in [2.45, 2.75) is 17.5 Å². The Hall–Kier alpha value is -3.34. The molecular weight excluding hydrogens is 426 g/mol. The molecule has 156 valence electrons. The summed E-state index contributed by atoms with van der Waals surface area (Å²) in [5.74, 6) is -1.93. The summed E-state index contributed by atoms with van der Waals surface area (Å²) in [6.45, 7) is 1.56. The summed E-state index contributed by atoms with van der Waals surface area (Å²) in [7, 11) is 0. The fraction of sp³-hybridized carbons (Fsp3) is 0.105. The van der Waals surface area contributed by atoms with Gasteiger partial charge in [-0.05, 0) is 43.3 Å². The molecule has 0 radical (unpaired) electrons. The third-order valence-corrected chi connectivity index (χ3v) is 4.55. The molecule has 0 aliphatic rings. The van der Waals surface area contributed by atoms with Crippen LogP contribution >= 0.6 is 11.8 Å². The van der Waals surface area contributed by atoms with Crippen LogP contribution in [0.2, 0.25) is 0 Å². The van der Waals surface area contributed by atoms with Crippen LogP contribution in [0.15, 0.2) is 58.3 Å². The van der Waals surface area contributed by atoms with E-state index < -0.39 is 39.9 Å². The predicted molar refractivity (Wildman–Crippen MR) is 102 cm³/mol. The second-order valence-corrected chi connectivity index (χ2v) is 6.95. The molecule has 0 aliphatic heterocycles. The van der Waals surface area contributed by atoms with Crippen LogP contribution in [-0.4, -0.2) is 22.3 Å². The predicted octanol–water partition coefficient (Wildman–Crippen LogP) is 5.24. The minimum atomic E-state index is -4.62. The highest BCUT2D eigenvalue weighted by Gasteiger charge is 2.32. The number of amides is 2. The van der Waals surface area contributed by atoms with E-state index >= 15 is 0 Å². The first-order chi connectivity index (χ1) is 14.1. The zero-order valence-electron chi connectivity index (χ0n) is 15.2. The summed E-state index contributed by atoms with van der Waals surface area (Å²) in [5, 5.41) is 4.21. The summed E-state index contributed by atoms with van der Waals surface area (Å²) in [6, 6.07) is 7.27. The molecule has 0 unspecified atom stereocenters. The largest absolute Gasteiger partial charge is 0.469 e. The van der Waals surface area contributed by atoms with Gasteiger partial charge in [-0.2, -0.15) is 13.2 Å². The molecule has 6 nitrogen and oxygen atoms in total. The SMILES string of the molecule is Cc1occc1C(=O)Nc1cc(NC(=O)c2cccnc2SC(F)(F)F)ccc1F. The number of carbonyl (C=O) groups is 2. The van der Waals surface area contributed by atoms with Gasteiger partial charge in [-0.1, -0.05) is 0 Å². The van der Waals surface area contributed by atoms with Crippen molar-refractivity contribution < 1.29 is 31.6 Å². The number of benzene rings is 1. The normalized spacial score (nSPS) is 11.2. The summed E-state index contributed by atoms with van der Waals surface area (Å²) in [4.78, 5) is 28.3. The topological polar surface area (TPSA) is 84.2 Å². The number of nitrogens with one attached hydrogen (secondary N) is 2. The lowest BCUT2D eigenvalue weighted by molar-refractivity contribution is -0.0329. The van der Waals surface area contributed by atoms with E-state index in [1.807, 2.05) is 0 Å². The lowest BCUT2D eigenvalue weighted by atomic mass is 10.2. The zero-order chi connectivity index (χ0) is 21.9. The second-order valence-electron chi connectivity index (χ2n) is 5.90. The second kappa shape index (κ2) is 8.57. The van der Waals surface area contributed by atoms with Crippen molar-refractivity contribution in [2.75, 3.05) is 10.6 Å². The number of carbonyl (C=O) groups excluding carboxylic acids is 2. The van der Waals surface area contributed by atoms with Crippen LogP contribution in [0.5, 0.6) is 0 Å². The van der Waals surface area contributed by atoms with Gasteiger partial charge in [-0.15, -0.1) is 0 Å². The standard InChI is InChI=1S/C19H13F4N3O3S/c1-10-12(6-8-29-10)16(27)26-15-9-11(4-5-14(15)20)25-17(28)13-3-2-7-24-18(13)30-19(21,22)23/h2-9H,1H3,(H,25,28)(H,26,27). The van der Waals surface area contributed by atoms with Crippen molar-refractivity contribution in [3.63, 3.8) is 0 Å². The molecule has 11 heteroatoms. The molecule has 0 saturated heterocycles. The van der Waals surface area contributed by atoms with Gasteiger partial charge < -0.3 is 15.1 Å². The first-order valence-corrected chi connectivity index (χ1v) is 9.13. The smallest absolute Gasteiger partial charge is 0.447 e. The number of pyridine rings is 1. The van der Waals surface area contributed by atoms with E-state index in [-0.39, 0.29) is 22.5 Å². The molecular formula is C19H13F4N3O3S. The van der Waals surface area contributed by atoms with Crippen LogP contribution in [0.3, 0.4) is 0 Å². The average Bonchev–Trinajstić information content (AvgIpc) is 3.09. The Morgan fingerprint density at radius 2 is 1.80 bits per heavy atom. The van der Waals surface area contributed by atoms with E-state index in [4.69, 9.17) is 4.42 Å². The number of nitrogens with zero attached hydrogens (tertiary/aromatic N) is 1. The van der Waals surface area contributed by atoms with Crippen LogP contribution in [0, 0.1) is 12.7 Å². The summed E-state index contributed by atoms with van der Waals surface area (Å²) in [5.41, 5.74) is -4.89. The van der Waals surface area contributed by atoms with Crippen molar-refractivity contribution >= 4 is 35.0 Å². The number of rotatable bonds is 5. The molecule has 2 heterocycles. The molecule has 0 atom stereocenters. The van der Waals surface area contributed by atoms with Gasteiger partial charge in [0.25, 0.3) is 11.8 Å². The molecule has 0 fully saturated rings. The highest BCUT2D eigenvalue weighted by molar-refractivity contribution is 8.00. The summed E-state index contributed by atoms with van der Waals surface area (Å²) < 4.78 is 57.2. The number of hydrogen-bond acceptors (Lipinski definition) is 5. The van der Waals surface area contributed by atoms with E-state index in [1.165, 1.54) is 30.5 Å². The molecule has 0 spiro atoms. The Bertz CT molecular complexity index is 1100. The van der Waals surface area contributed by atoms with Gasteiger partial charge in [-0.3, -0.25) is 9.59 Å². The number of aromatic nitrogens is 1. The van der Waals surface area contributed by atoms with Crippen molar-refractivity contribution in [3.8, 4) is 0 Å². The minimum Gasteiger partial charge on any atom is -0.469 e. The van der Waals surface area contributed by atoms with Gasteiger partial charge in [0.2, 0.25) is 0 Å². The van der Waals surface area contributed by atoms with E-state index in [0.717, 1.165) is 18.3 Å². The molecule has 2 amide bonds. The minimum absolute atomic E-state index is 0.0624. The maximum Gasteiger partial charge on any atom is 0.447 e. The molecule has 0 bridgehead atoms.